The number of nitrogens with zero attached hydrogens (tertiary/aromatic N) is 2. The fourth-order valence-corrected chi connectivity index (χ4v) is 2.28. The number of hydrogen-bond acceptors (Lipinski definition) is 5. The molecule has 0 radical (unpaired) electrons. The van der Waals surface area contributed by atoms with Crippen LogP contribution in [0.4, 0.5) is 0 Å². The molecule has 0 amide bonds. The van der Waals surface area contributed by atoms with Crippen molar-refractivity contribution < 1.29 is 14.4 Å². The van der Waals surface area contributed by atoms with Gasteiger partial charge in [-0.3, -0.25) is 4.98 Å². The first-order valence-electron chi connectivity index (χ1n) is 7.75. The van der Waals surface area contributed by atoms with Gasteiger partial charge in [-0.15, -0.1) is 0 Å². The quantitative estimate of drug-likeness (QED) is 0.324. The maximum atomic E-state index is 11.7. The highest BCUT2D eigenvalue weighted by Crippen LogP contribution is 2.22. The highest BCUT2D eigenvalue weighted by atomic mass is 16.7. The summed E-state index contributed by atoms with van der Waals surface area (Å²) in [6.45, 7) is -0.00565. The van der Waals surface area contributed by atoms with Gasteiger partial charge in [-0.2, -0.15) is 0 Å². The number of ether oxygens (including phenoxy) is 1. The normalized spacial score (nSPS) is 11.3. The Morgan fingerprint density at radius 2 is 1.84 bits per heavy atom. The molecular formula is C19H17N3O3. The minimum Gasteiger partial charge on any atom is -0.483 e. The molecular weight excluding hydrogens is 318 g/mol. The van der Waals surface area contributed by atoms with Crippen LogP contribution in [0.25, 0.3) is 10.9 Å². The van der Waals surface area contributed by atoms with E-state index in [1.165, 1.54) is 0 Å². The van der Waals surface area contributed by atoms with E-state index >= 15 is 0 Å². The van der Waals surface area contributed by atoms with Gasteiger partial charge in [-0.1, -0.05) is 53.7 Å². The summed E-state index contributed by atoms with van der Waals surface area (Å²) in [4.78, 5) is 20.8. The number of nitrogens with two attached hydrogens (primary N) is 1. The third kappa shape index (κ3) is 4.54. The van der Waals surface area contributed by atoms with E-state index in [9.17, 15) is 4.79 Å². The van der Waals surface area contributed by atoms with Crippen LogP contribution < -0.4 is 10.5 Å². The van der Waals surface area contributed by atoms with E-state index < -0.39 is 5.97 Å². The van der Waals surface area contributed by atoms with Crippen molar-refractivity contribution in [2.24, 2.45) is 10.9 Å². The van der Waals surface area contributed by atoms with Crippen LogP contribution in [0.15, 0.2) is 72.0 Å². The van der Waals surface area contributed by atoms with Crippen molar-refractivity contribution in [1.82, 2.24) is 4.98 Å². The lowest BCUT2D eigenvalue weighted by atomic mass is 10.2. The summed E-state index contributed by atoms with van der Waals surface area (Å²) >= 11 is 0. The standard InChI is InChI=1S/C19H17N3O3/c20-17(22-25-18(23)12-14-6-2-1-3-7-14)13-24-16-10-4-8-15-9-5-11-21-19(15)16/h1-11H,12-13H2,(H2,20,22). The van der Waals surface area contributed by atoms with Crippen LogP contribution in [-0.4, -0.2) is 23.4 Å². The summed E-state index contributed by atoms with van der Waals surface area (Å²) in [6.07, 6.45) is 1.82. The fraction of sp³-hybridized carbons (Fsp3) is 0.105. The average Bonchev–Trinajstić information content (AvgIpc) is 2.65. The molecule has 6 nitrogen and oxygen atoms in total. The molecule has 1 aromatic heterocycles. The van der Waals surface area contributed by atoms with Crippen LogP contribution in [0.3, 0.4) is 0 Å². The van der Waals surface area contributed by atoms with E-state index in [-0.39, 0.29) is 18.9 Å². The molecule has 25 heavy (non-hydrogen) atoms. The number of carbonyl (C=O) groups is 1. The van der Waals surface area contributed by atoms with Gasteiger partial charge in [0.05, 0.1) is 6.42 Å². The van der Waals surface area contributed by atoms with Gasteiger partial charge in [0.2, 0.25) is 0 Å². The summed E-state index contributed by atoms with van der Waals surface area (Å²) in [5.74, 6) is 0.169. The number of aromatic nitrogens is 1. The predicted octanol–water partition coefficient (Wildman–Crippen LogP) is 2.67. The molecule has 6 heteroatoms. The van der Waals surface area contributed by atoms with Gasteiger partial charge in [0.15, 0.2) is 5.84 Å². The van der Waals surface area contributed by atoms with Gasteiger partial charge < -0.3 is 15.3 Å². The molecule has 0 fully saturated rings. The Kier molecular flexibility index (Phi) is 5.21. The minimum absolute atomic E-state index is 0.00565. The Labute approximate surface area is 144 Å². The van der Waals surface area contributed by atoms with Crippen LogP contribution in [0.2, 0.25) is 0 Å². The second-order valence-corrected chi connectivity index (χ2v) is 5.33. The summed E-state index contributed by atoms with van der Waals surface area (Å²) in [6, 6.07) is 18.7. The summed E-state index contributed by atoms with van der Waals surface area (Å²) in [7, 11) is 0. The Hall–Kier alpha value is -3.41. The van der Waals surface area contributed by atoms with Crippen molar-refractivity contribution in [3.05, 3.63) is 72.4 Å². The maximum absolute atomic E-state index is 11.7. The fourth-order valence-electron chi connectivity index (χ4n) is 2.28. The molecule has 0 unspecified atom stereocenters. The van der Waals surface area contributed by atoms with Crippen molar-refractivity contribution in [1.29, 1.82) is 0 Å². The van der Waals surface area contributed by atoms with E-state index in [4.69, 9.17) is 15.3 Å². The highest BCUT2D eigenvalue weighted by molar-refractivity contribution is 5.86. The molecule has 3 aromatic rings. The molecule has 0 saturated carbocycles. The second-order valence-electron chi connectivity index (χ2n) is 5.33. The lowest BCUT2D eigenvalue weighted by Gasteiger charge is -2.07. The first-order chi connectivity index (χ1) is 12.2. The summed E-state index contributed by atoms with van der Waals surface area (Å²) < 4.78 is 5.62. The van der Waals surface area contributed by atoms with Crippen LogP contribution in [0.5, 0.6) is 5.75 Å². The zero-order chi connectivity index (χ0) is 17.5. The number of carbonyl (C=O) groups excluding carboxylic acids is 1. The third-order valence-electron chi connectivity index (χ3n) is 3.43. The Balaban J connectivity index is 1.55. The monoisotopic (exact) mass is 335 g/mol. The first kappa shape index (κ1) is 16.4. The molecule has 0 atom stereocenters. The van der Waals surface area contributed by atoms with E-state index in [1.54, 1.807) is 12.3 Å². The molecule has 0 bridgehead atoms. The lowest BCUT2D eigenvalue weighted by molar-refractivity contribution is -0.142. The molecule has 2 aromatic carbocycles. The van der Waals surface area contributed by atoms with E-state index in [1.807, 2.05) is 54.6 Å². The molecule has 0 saturated heterocycles. The highest BCUT2D eigenvalue weighted by Gasteiger charge is 2.07. The number of hydrogen-bond donors (Lipinski definition) is 1. The van der Waals surface area contributed by atoms with E-state index in [0.717, 1.165) is 16.5 Å². The third-order valence-corrected chi connectivity index (χ3v) is 3.43. The second kappa shape index (κ2) is 7.92. The zero-order valence-electron chi connectivity index (χ0n) is 13.5. The van der Waals surface area contributed by atoms with Gasteiger partial charge in [0.1, 0.15) is 17.9 Å². The molecule has 0 spiro atoms. The van der Waals surface area contributed by atoms with Crippen molar-refractivity contribution >= 4 is 22.7 Å². The average molecular weight is 335 g/mol. The number of amidine groups is 1. The van der Waals surface area contributed by atoms with Gasteiger partial charge in [-0.05, 0) is 17.7 Å². The maximum Gasteiger partial charge on any atom is 0.339 e. The van der Waals surface area contributed by atoms with Crippen LogP contribution >= 0.6 is 0 Å². The number of fused-ring (bicyclic) bond motifs is 1. The molecule has 3 rings (SSSR count). The number of para-hydroxylation sites is 1. The van der Waals surface area contributed by atoms with Gasteiger partial charge in [0, 0.05) is 11.6 Å². The van der Waals surface area contributed by atoms with Gasteiger partial charge >= 0.3 is 5.97 Å². The van der Waals surface area contributed by atoms with Crippen molar-refractivity contribution in [3.63, 3.8) is 0 Å². The van der Waals surface area contributed by atoms with E-state index in [2.05, 4.69) is 10.1 Å². The number of pyridine rings is 1. The van der Waals surface area contributed by atoms with Gasteiger partial charge in [-0.25, -0.2) is 4.79 Å². The van der Waals surface area contributed by atoms with Gasteiger partial charge in [0.25, 0.3) is 0 Å². The largest absolute Gasteiger partial charge is 0.483 e. The zero-order valence-corrected chi connectivity index (χ0v) is 13.5. The summed E-state index contributed by atoms with van der Waals surface area (Å²) in [5, 5.41) is 4.58. The number of oxime groups is 1. The first-order valence-corrected chi connectivity index (χ1v) is 7.75. The topological polar surface area (TPSA) is 86.8 Å². The smallest absolute Gasteiger partial charge is 0.339 e. The van der Waals surface area contributed by atoms with E-state index in [0.29, 0.717) is 5.75 Å². The Bertz CT molecular complexity index is 889. The number of benzene rings is 2. The molecule has 0 aliphatic carbocycles. The summed E-state index contributed by atoms with van der Waals surface area (Å²) in [5.41, 5.74) is 7.32. The van der Waals surface area contributed by atoms with Crippen LogP contribution in [0, 0.1) is 0 Å². The minimum atomic E-state index is -0.485. The molecule has 0 aliphatic rings. The predicted molar refractivity (Wildman–Crippen MR) is 95.1 cm³/mol. The van der Waals surface area contributed by atoms with Crippen LogP contribution in [0.1, 0.15) is 5.56 Å². The molecule has 126 valence electrons. The Morgan fingerprint density at radius 1 is 1.04 bits per heavy atom. The lowest BCUT2D eigenvalue weighted by Crippen LogP contribution is -2.22. The van der Waals surface area contributed by atoms with Crippen molar-refractivity contribution in [2.75, 3.05) is 6.61 Å². The SMILES string of the molecule is NC(COc1cccc2cccnc12)=NOC(=O)Cc1ccccc1. The Morgan fingerprint density at radius 3 is 2.68 bits per heavy atom. The molecule has 1 heterocycles. The van der Waals surface area contributed by atoms with Crippen molar-refractivity contribution in [3.8, 4) is 5.75 Å². The number of rotatable bonds is 6. The van der Waals surface area contributed by atoms with Crippen LogP contribution in [-0.2, 0) is 16.1 Å². The molecule has 2 N–H and O–H groups in total. The van der Waals surface area contributed by atoms with Crippen molar-refractivity contribution in [2.45, 2.75) is 6.42 Å². The molecule has 0 aliphatic heterocycles.